The highest BCUT2D eigenvalue weighted by molar-refractivity contribution is 7.89. The van der Waals surface area contributed by atoms with Crippen LogP contribution in [0.1, 0.15) is 56.3 Å². The Labute approximate surface area is 282 Å². The van der Waals surface area contributed by atoms with Crippen LogP contribution in [-0.2, 0) is 19.6 Å². The number of carbonyl (C=O) groups is 3. The Balaban J connectivity index is 1.40. The van der Waals surface area contributed by atoms with Crippen molar-refractivity contribution in [2.75, 3.05) is 43.1 Å². The Kier molecular flexibility index (Phi) is 12.6. The summed E-state index contributed by atoms with van der Waals surface area (Å²) in [5.41, 5.74) is 7.54. The molecule has 12 nitrogen and oxygen atoms in total. The van der Waals surface area contributed by atoms with Gasteiger partial charge in [0.2, 0.25) is 21.8 Å². The highest BCUT2D eigenvalue weighted by Gasteiger charge is 2.35. The minimum absolute atomic E-state index is 0.0217. The number of benzene rings is 3. The van der Waals surface area contributed by atoms with Gasteiger partial charge < -0.3 is 31.1 Å². The number of carbonyl (C=O) groups excluding carboxylic acids is 3. The number of unbranched alkanes of at least 4 members (excludes halogenated alkanes) is 2. The Morgan fingerprint density at radius 1 is 1.00 bits per heavy atom. The number of nitrogens with zero attached hydrogens (tertiary/aromatic N) is 2. The zero-order chi connectivity index (χ0) is 34.8. The minimum Gasteiger partial charge on any atom is -0.488 e. The number of aliphatic hydroxyl groups excluding tert-OH is 1. The number of amides is 3. The normalized spacial score (nSPS) is 17.1. The SMILES string of the molecule is C[C@H](CO)N1C[C@H](C)[C@H](CN(C)S(=O)(=O)c2ccccc2)Oc2ccc(NC(=O)CCCCCC(=O)Nc3ccccc3N)cc2C1=O. The fraction of sp³-hybridized carbons (Fsp3) is 0.400. The molecule has 3 atom stereocenters. The van der Waals surface area contributed by atoms with E-state index in [0.29, 0.717) is 42.7 Å². The fourth-order valence-corrected chi connectivity index (χ4v) is 6.64. The van der Waals surface area contributed by atoms with Gasteiger partial charge in [-0.2, -0.15) is 4.31 Å². The fourth-order valence-electron chi connectivity index (χ4n) is 5.44. The maximum absolute atomic E-state index is 13.8. The number of para-hydroxylation sites is 2. The molecule has 13 heteroatoms. The van der Waals surface area contributed by atoms with Crippen molar-refractivity contribution < 1.29 is 32.6 Å². The molecule has 3 aromatic carbocycles. The predicted octanol–water partition coefficient (Wildman–Crippen LogP) is 4.34. The molecule has 0 aromatic heterocycles. The van der Waals surface area contributed by atoms with Crippen LogP contribution < -0.4 is 21.1 Å². The first-order chi connectivity index (χ1) is 22.9. The van der Waals surface area contributed by atoms with Crippen molar-refractivity contribution >= 4 is 44.8 Å². The summed E-state index contributed by atoms with van der Waals surface area (Å²) in [7, 11) is -2.30. The molecule has 0 radical (unpaired) electrons. The first-order valence-corrected chi connectivity index (χ1v) is 17.5. The van der Waals surface area contributed by atoms with Crippen molar-refractivity contribution in [3.8, 4) is 5.75 Å². The number of aliphatic hydroxyl groups is 1. The van der Waals surface area contributed by atoms with E-state index in [9.17, 15) is 27.9 Å². The maximum Gasteiger partial charge on any atom is 0.258 e. The van der Waals surface area contributed by atoms with E-state index in [1.165, 1.54) is 23.5 Å². The van der Waals surface area contributed by atoms with Gasteiger partial charge in [0.05, 0.1) is 41.0 Å². The highest BCUT2D eigenvalue weighted by Crippen LogP contribution is 2.31. The summed E-state index contributed by atoms with van der Waals surface area (Å²) >= 11 is 0. The second-order valence-corrected chi connectivity index (χ2v) is 14.2. The summed E-state index contributed by atoms with van der Waals surface area (Å²) in [6, 6.07) is 19.4. The summed E-state index contributed by atoms with van der Waals surface area (Å²) in [6.07, 6.45) is 1.76. The van der Waals surface area contributed by atoms with Gasteiger partial charge in [-0.25, -0.2) is 8.42 Å². The van der Waals surface area contributed by atoms with Crippen LogP contribution in [0.4, 0.5) is 17.1 Å². The average Bonchev–Trinajstić information content (AvgIpc) is 3.07. The molecular weight excluding hydrogens is 634 g/mol. The standard InChI is InChI=1S/C35H45N5O7S/c1-24-21-40(25(2)23-41)35(44)28-20-26(37-33(42)16-8-5-9-17-34(43)38-30-15-11-10-14-29(30)36)18-19-31(28)47-32(24)22-39(3)48(45,46)27-12-6-4-7-13-27/h4,6-7,10-15,18-20,24-25,32,41H,5,8-9,16-17,21-23,36H2,1-3H3,(H,37,42)(H,38,43)/t24-,25+,32-/m0/s1. The van der Waals surface area contributed by atoms with Gasteiger partial charge in [0.15, 0.2) is 0 Å². The molecule has 4 rings (SSSR count). The number of hydrogen-bond donors (Lipinski definition) is 4. The van der Waals surface area contributed by atoms with E-state index in [4.69, 9.17) is 10.5 Å². The molecule has 258 valence electrons. The van der Waals surface area contributed by atoms with E-state index in [2.05, 4.69) is 10.6 Å². The lowest BCUT2D eigenvalue weighted by molar-refractivity contribution is -0.116. The quantitative estimate of drug-likeness (QED) is 0.144. The van der Waals surface area contributed by atoms with E-state index >= 15 is 0 Å². The van der Waals surface area contributed by atoms with Gasteiger partial charge in [-0.1, -0.05) is 43.7 Å². The van der Waals surface area contributed by atoms with Crippen LogP contribution in [0, 0.1) is 5.92 Å². The van der Waals surface area contributed by atoms with Crippen molar-refractivity contribution in [3.05, 3.63) is 78.4 Å². The van der Waals surface area contributed by atoms with Crippen LogP contribution in [0.2, 0.25) is 0 Å². The smallest absolute Gasteiger partial charge is 0.258 e. The first-order valence-electron chi connectivity index (χ1n) is 16.1. The summed E-state index contributed by atoms with van der Waals surface area (Å²) < 4.78 is 34.1. The predicted molar refractivity (Wildman–Crippen MR) is 185 cm³/mol. The number of anilines is 3. The molecule has 0 unspecified atom stereocenters. The van der Waals surface area contributed by atoms with E-state index < -0.39 is 22.2 Å². The van der Waals surface area contributed by atoms with Crippen LogP contribution in [0.15, 0.2) is 77.7 Å². The third kappa shape index (κ3) is 9.33. The number of rotatable bonds is 14. The third-order valence-corrected chi connectivity index (χ3v) is 10.2. The summed E-state index contributed by atoms with van der Waals surface area (Å²) in [4.78, 5) is 40.5. The molecule has 0 spiro atoms. The van der Waals surface area contributed by atoms with Crippen LogP contribution in [0.3, 0.4) is 0 Å². The van der Waals surface area contributed by atoms with E-state index in [1.807, 2.05) is 6.92 Å². The third-order valence-electron chi connectivity index (χ3n) is 8.38. The number of ether oxygens (including phenoxy) is 1. The van der Waals surface area contributed by atoms with Crippen molar-refractivity contribution in [1.29, 1.82) is 0 Å². The van der Waals surface area contributed by atoms with Crippen LogP contribution in [-0.4, -0.2) is 79.3 Å². The van der Waals surface area contributed by atoms with Gasteiger partial charge in [-0.3, -0.25) is 14.4 Å². The number of nitrogen functional groups attached to an aromatic ring is 1. The monoisotopic (exact) mass is 679 g/mol. The number of fused-ring (bicyclic) bond motifs is 1. The van der Waals surface area contributed by atoms with Crippen molar-refractivity contribution in [2.24, 2.45) is 5.92 Å². The lowest BCUT2D eigenvalue weighted by atomic mass is 9.99. The van der Waals surface area contributed by atoms with Gasteiger partial charge in [-0.05, 0) is 62.2 Å². The van der Waals surface area contributed by atoms with E-state index in [0.717, 1.165) is 0 Å². The number of sulfonamides is 1. The molecule has 0 saturated carbocycles. The summed E-state index contributed by atoms with van der Waals surface area (Å²) in [5, 5.41) is 15.6. The molecular formula is C35H45N5O7S. The van der Waals surface area contributed by atoms with Crippen LogP contribution >= 0.6 is 0 Å². The van der Waals surface area contributed by atoms with Crippen LogP contribution in [0.5, 0.6) is 5.75 Å². The van der Waals surface area contributed by atoms with Gasteiger partial charge in [0, 0.05) is 38.0 Å². The van der Waals surface area contributed by atoms with E-state index in [1.54, 1.807) is 72.5 Å². The molecule has 3 amide bonds. The Morgan fingerprint density at radius 2 is 1.65 bits per heavy atom. The second-order valence-electron chi connectivity index (χ2n) is 12.2. The largest absolute Gasteiger partial charge is 0.488 e. The maximum atomic E-state index is 13.8. The summed E-state index contributed by atoms with van der Waals surface area (Å²) in [6.45, 7) is 3.59. The van der Waals surface area contributed by atoms with Gasteiger partial charge >= 0.3 is 0 Å². The lowest BCUT2D eigenvalue weighted by Crippen LogP contribution is -2.50. The number of nitrogens with one attached hydrogen (secondary N) is 2. The molecule has 0 aliphatic carbocycles. The Morgan fingerprint density at radius 3 is 2.31 bits per heavy atom. The van der Waals surface area contributed by atoms with Gasteiger partial charge in [-0.15, -0.1) is 0 Å². The zero-order valence-corrected chi connectivity index (χ0v) is 28.4. The zero-order valence-electron chi connectivity index (χ0n) is 27.6. The topological polar surface area (TPSA) is 171 Å². The van der Waals surface area contributed by atoms with Crippen LogP contribution in [0.25, 0.3) is 0 Å². The number of likely N-dealkylation sites (N-methyl/N-ethyl adjacent to an activating group) is 1. The van der Waals surface area contributed by atoms with Crippen molar-refractivity contribution in [1.82, 2.24) is 9.21 Å². The minimum atomic E-state index is -3.80. The highest BCUT2D eigenvalue weighted by atomic mass is 32.2. The van der Waals surface area contributed by atoms with E-state index in [-0.39, 0.29) is 66.0 Å². The number of hydrogen-bond acceptors (Lipinski definition) is 8. The molecule has 48 heavy (non-hydrogen) atoms. The Hall–Kier alpha value is -4.46. The van der Waals surface area contributed by atoms with Crippen molar-refractivity contribution in [2.45, 2.75) is 63.0 Å². The lowest BCUT2D eigenvalue weighted by Gasteiger charge is -2.38. The van der Waals surface area contributed by atoms with Crippen molar-refractivity contribution in [3.63, 3.8) is 0 Å². The summed E-state index contributed by atoms with van der Waals surface area (Å²) in [5.74, 6) is -0.780. The molecule has 5 N–H and O–H groups in total. The average molecular weight is 680 g/mol. The number of nitrogens with two attached hydrogens (primary N) is 1. The molecule has 0 fully saturated rings. The first kappa shape index (κ1) is 36.4. The van der Waals surface area contributed by atoms with Gasteiger partial charge in [0.25, 0.3) is 5.91 Å². The Bertz CT molecular complexity index is 1690. The second kappa shape index (κ2) is 16.6. The molecule has 1 aliphatic rings. The molecule has 3 aromatic rings. The molecule has 0 bridgehead atoms. The molecule has 0 saturated heterocycles. The molecule has 1 heterocycles. The molecule has 1 aliphatic heterocycles. The van der Waals surface area contributed by atoms with Gasteiger partial charge in [0.1, 0.15) is 11.9 Å².